The van der Waals surface area contributed by atoms with Gasteiger partial charge in [-0.2, -0.15) is 8.78 Å². The fraction of sp³-hybridized carbons (Fsp3) is 0.0526. The molecule has 0 aliphatic carbocycles. The van der Waals surface area contributed by atoms with E-state index in [-0.39, 0.29) is 18.3 Å². The Bertz CT molecular complexity index is 1310. The number of imidazole rings is 1. The van der Waals surface area contributed by atoms with Crippen molar-refractivity contribution in [3.8, 4) is 22.6 Å². The first-order chi connectivity index (χ1) is 14.7. The van der Waals surface area contributed by atoms with Gasteiger partial charge in [0, 0.05) is 41.6 Å². The summed E-state index contributed by atoms with van der Waals surface area (Å²) in [6.45, 7) is 0. The lowest BCUT2D eigenvalue weighted by Gasteiger charge is -2.09. The minimum Gasteiger partial charge on any atom is -0.415 e. The summed E-state index contributed by atoms with van der Waals surface area (Å²) in [4.78, 5) is 20.0. The minimum atomic E-state index is -2.83. The smallest absolute Gasteiger partial charge is 0.314 e. The van der Waals surface area contributed by atoms with Crippen molar-refractivity contribution in [2.75, 3.05) is 5.32 Å². The first-order valence-electron chi connectivity index (χ1n) is 8.76. The topological polar surface area (TPSA) is 118 Å². The summed E-state index contributed by atoms with van der Waals surface area (Å²) in [7, 11) is 0. The van der Waals surface area contributed by atoms with Crippen molar-refractivity contribution in [3.63, 3.8) is 0 Å². The molecule has 0 unspecified atom stereocenters. The van der Waals surface area contributed by atoms with Gasteiger partial charge in [-0.1, -0.05) is 6.07 Å². The molecule has 5 aromatic rings. The maximum absolute atomic E-state index is 12.6. The Morgan fingerprint density at radius 2 is 1.84 bits per heavy atom. The van der Waals surface area contributed by atoms with E-state index in [1.807, 2.05) is 24.3 Å². The lowest BCUT2D eigenvalue weighted by molar-refractivity contribution is 0.116. The minimum absolute atomic E-state index is 0. The van der Waals surface area contributed by atoms with Crippen LogP contribution in [-0.2, 0) is 0 Å². The van der Waals surface area contributed by atoms with Gasteiger partial charge in [-0.25, -0.2) is 15.0 Å². The number of H-pyrrole nitrogens is 1. The number of benzene rings is 1. The molecule has 2 N–H and O–H groups in total. The SMILES string of the molecule is Cl.FC(F)c1nnc(-c2cnc(Nc3cc(-c4cccnc4)c4nc[nH]c4c3)nc2)o1. The molecule has 9 nitrogen and oxygen atoms in total. The number of halogens is 3. The Labute approximate surface area is 179 Å². The molecule has 0 saturated heterocycles. The van der Waals surface area contributed by atoms with E-state index in [0.29, 0.717) is 11.5 Å². The summed E-state index contributed by atoms with van der Waals surface area (Å²) in [6.07, 6.45) is 5.08. The Balaban J connectivity index is 0.00000231. The number of alkyl halides is 2. The van der Waals surface area contributed by atoms with Crippen LogP contribution in [0.3, 0.4) is 0 Å². The lowest BCUT2D eigenvalue weighted by atomic mass is 10.1. The van der Waals surface area contributed by atoms with Gasteiger partial charge in [-0.15, -0.1) is 22.6 Å². The molecule has 0 saturated carbocycles. The Morgan fingerprint density at radius 1 is 1.00 bits per heavy atom. The average Bonchev–Trinajstić information content (AvgIpc) is 3.44. The number of hydrogen-bond acceptors (Lipinski definition) is 8. The Hall–Kier alpha value is -3.99. The van der Waals surface area contributed by atoms with Crippen molar-refractivity contribution < 1.29 is 13.2 Å². The zero-order valence-electron chi connectivity index (χ0n) is 15.5. The fourth-order valence-electron chi connectivity index (χ4n) is 2.94. The van der Waals surface area contributed by atoms with Crippen LogP contribution >= 0.6 is 12.4 Å². The number of anilines is 2. The standard InChI is InChI=1S/C19H12F2N8O.ClH/c20-16(21)18-29-28-17(30-18)11-7-23-19(24-8-11)27-12-4-13(10-2-1-3-22-6-10)15-14(5-12)25-9-26-15;/h1-9,16H,(H,25,26)(H,23,24,27);1H. The maximum atomic E-state index is 12.6. The quantitative estimate of drug-likeness (QED) is 0.406. The van der Waals surface area contributed by atoms with Gasteiger partial charge in [-0.05, 0) is 18.2 Å². The van der Waals surface area contributed by atoms with Crippen LogP contribution in [0.4, 0.5) is 20.4 Å². The van der Waals surface area contributed by atoms with E-state index < -0.39 is 12.3 Å². The highest BCUT2D eigenvalue weighted by Crippen LogP contribution is 2.31. The lowest BCUT2D eigenvalue weighted by Crippen LogP contribution is -1.97. The van der Waals surface area contributed by atoms with Crippen LogP contribution in [0.15, 0.2) is 59.8 Å². The van der Waals surface area contributed by atoms with E-state index in [4.69, 9.17) is 4.42 Å². The van der Waals surface area contributed by atoms with Gasteiger partial charge in [0.25, 0.3) is 11.8 Å². The zero-order chi connectivity index (χ0) is 20.5. The van der Waals surface area contributed by atoms with E-state index >= 15 is 0 Å². The number of nitrogens with one attached hydrogen (secondary N) is 2. The van der Waals surface area contributed by atoms with Gasteiger partial charge in [0.15, 0.2) is 0 Å². The van der Waals surface area contributed by atoms with Crippen LogP contribution in [-0.4, -0.2) is 35.1 Å². The van der Waals surface area contributed by atoms with Gasteiger partial charge in [0.05, 0.1) is 22.9 Å². The largest absolute Gasteiger partial charge is 0.415 e. The van der Waals surface area contributed by atoms with Gasteiger partial charge in [0.2, 0.25) is 5.95 Å². The Morgan fingerprint density at radius 3 is 2.55 bits per heavy atom. The van der Waals surface area contributed by atoms with Gasteiger partial charge in [-0.3, -0.25) is 4.98 Å². The second-order valence-electron chi connectivity index (χ2n) is 6.23. The summed E-state index contributed by atoms with van der Waals surface area (Å²) in [5.74, 6) is -0.513. The molecular formula is C19H13ClF2N8O. The summed E-state index contributed by atoms with van der Waals surface area (Å²) in [6, 6.07) is 7.60. The van der Waals surface area contributed by atoms with Crippen molar-refractivity contribution in [1.29, 1.82) is 0 Å². The molecule has 12 heteroatoms. The average molecular weight is 443 g/mol. The molecule has 0 radical (unpaired) electrons. The number of rotatable bonds is 5. The van der Waals surface area contributed by atoms with Crippen molar-refractivity contribution in [2.24, 2.45) is 0 Å². The molecule has 1 aromatic carbocycles. The normalized spacial score (nSPS) is 10.9. The molecule has 0 aliphatic heterocycles. The molecule has 156 valence electrons. The third-order valence-corrected chi connectivity index (χ3v) is 4.28. The third kappa shape index (κ3) is 4.03. The molecular weight excluding hydrogens is 430 g/mol. The number of aromatic nitrogens is 7. The van der Waals surface area contributed by atoms with E-state index in [2.05, 4.69) is 40.4 Å². The molecule has 4 heterocycles. The first kappa shape index (κ1) is 20.3. The van der Waals surface area contributed by atoms with Crippen LogP contribution in [0.5, 0.6) is 0 Å². The number of hydrogen-bond donors (Lipinski definition) is 2. The third-order valence-electron chi connectivity index (χ3n) is 4.28. The van der Waals surface area contributed by atoms with Crippen LogP contribution in [0, 0.1) is 0 Å². The molecule has 5 rings (SSSR count). The summed E-state index contributed by atoms with van der Waals surface area (Å²) < 4.78 is 30.1. The van der Waals surface area contributed by atoms with Crippen molar-refractivity contribution in [1.82, 2.24) is 35.1 Å². The van der Waals surface area contributed by atoms with Crippen LogP contribution in [0.1, 0.15) is 12.3 Å². The van der Waals surface area contributed by atoms with E-state index in [9.17, 15) is 8.78 Å². The van der Waals surface area contributed by atoms with Gasteiger partial charge in [0.1, 0.15) is 0 Å². The second-order valence-corrected chi connectivity index (χ2v) is 6.23. The highest BCUT2D eigenvalue weighted by atomic mass is 35.5. The van der Waals surface area contributed by atoms with Crippen molar-refractivity contribution in [2.45, 2.75) is 6.43 Å². The summed E-state index contributed by atoms with van der Waals surface area (Å²) >= 11 is 0. The predicted molar refractivity (Wildman–Crippen MR) is 110 cm³/mol. The van der Waals surface area contributed by atoms with E-state index in [1.54, 1.807) is 18.7 Å². The summed E-state index contributed by atoms with van der Waals surface area (Å²) in [5, 5.41) is 9.99. The molecule has 0 atom stereocenters. The van der Waals surface area contributed by atoms with E-state index in [0.717, 1.165) is 27.8 Å². The molecule has 0 fully saturated rings. The Kier molecular flexibility index (Phi) is 5.50. The molecule has 0 amide bonds. The van der Waals surface area contributed by atoms with Crippen molar-refractivity contribution >= 4 is 35.1 Å². The van der Waals surface area contributed by atoms with Gasteiger partial charge >= 0.3 is 6.43 Å². The highest BCUT2D eigenvalue weighted by molar-refractivity contribution is 5.95. The van der Waals surface area contributed by atoms with Crippen molar-refractivity contribution in [3.05, 3.63) is 61.3 Å². The maximum Gasteiger partial charge on any atom is 0.314 e. The predicted octanol–water partition coefficient (Wildman–Crippen LogP) is 4.57. The molecule has 0 bridgehead atoms. The molecule has 0 spiro atoms. The number of pyridine rings is 1. The summed E-state index contributed by atoms with van der Waals surface area (Å²) in [5.41, 5.74) is 4.53. The van der Waals surface area contributed by atoms with Gasteiger partial charge < -0.3 is 14.7 Å². The zero-order valence-corrected chi connectivity index (χ0v) is 16.3. The molecule has 0 aliphatic rings. The van der Waals surface area contributed by atoms with Crippen LogP contribution in [0.2, 0.25) is 0 Å². The highest BCUT2D eigenvalue weighted by Gasteiger charge is 2.17. The van der Waals surface area contributed by atoms with E-state index in [1.165, 1.54) is 12.4 Å². The number of nitrogens with zero attached hydrogens (tertiary/aromatic N) is 6. The number of fused-ring (bicyclic) bond motifs is 1. The first-order valence-corrected chi connectivity index (χ1v) is 8.76. The second kappa shape index (κ2) is 8.40. The fourth-order valence-corrected chi connectivity index (χ4v) is 2.94. The monoisotopic (exact) mass is 442 g/mol. The van der Waals surface area contributed by atoms with Crippen LogP contribution in [0.25, 0.3) is 33.6 Å². The van der Waals surface area contributed by atoms with Crippen LogP contribution < -0.4 is 5.32 Å². The molecule has 4 aromatic heterocycles. The molecule has 31 heavy (non-hydrogen) atoms. The number of aromatic amines is 1.